The number of nitrogens with zero attached hydrogens (tertiary/aromatic N) is 5. The topological polar surface area (TPSA) is 86.7 Å². The van der Waals surface area contributed by atoms with Gasteiger partial charge in [-0.2, -0.15) is 10.1 Å². The summed E-state index contributed by atoms with van der Waals surface area (Å²) < 4.78 is 1.71. The third-order valence-corrected chi connectivity index (χ3v) is 4.84. The van der Waals surface area contributed by atoms with Crippen LogP contribution in [0.5, 0.6) is 0 Å². The first kappa shape index (κ1) is 14.6. The molecule has 0 saturated heterocycles. The van der Waals surface area contributed by atoms with Gasteiger partial charge >= 0.3 is 0 Å². The molecular weight excluding hydrogens is 427 g/mol. The number of benzene rings is 1. The van der Waals surface area contributed by atoms with Gasteiger partial charge in [0.15, 0.2) is 5.65 Å². The highest BCUT2D eigenvalue weighted by Gasteiger charge is 2.15. The fourth-order valence-electron chi connectivity index (χ4n) is 1.93. The van der Waals surface area contributed by atoms with Gasteiger partial charge in [-0.3, -0.25) is 10.1 Å². The normalized spacial score (nSPS) is 11.5. The fraction of sp³-hybridized carbons (Fsp3) is 0. The predicted molar refractivity (Wildman–Crippen MR) is 90.2 cm³/mol. The van der Waals surface area contributed by atoms with Crippen molar-refractivity contribution in [3.63, 3.8) is 0 Å². The average Bonchev–Trinajstić information content (AvgIpc) is 2.89. The van der Waals surface area contributed by atoms with Crippen LogP contribution >= 0.6 is 40.0 Å². The van der Waals surface area contributed by atoms with Crippen LogP contribution in [0, 0.1) is 10.1 Å². The van der Waals surface area contributed by atoms with Crippen LogP contribution in [0.25, 0.3) is 22.3 Å². The predicted octanol–water partition coefficient (Wildman–Crippen LogP) is 3.85. The number of hydrogen-bond donors (Lipinski definition) is 0. The molecule has 0 N–H and O–H groups in total. The summed E-state index contributed by atoms with van der Waals surface area (Å²) >= 11 is 8.15. The van der Waals surface area contributed by atoms with E-state index in [1.54, 1.807) is 22.8 Å². The number of non-ortho nitro benzene ring substituents is 1. The van der Waals surface area contributed by atoms with Gasteiger partial charge in [-0.15, -0.1) is 0 Å². The van der Waals surface area contributed by atoms with Gasteiger partial charge in [-0.1, -0.05) is 12.1 Å². The van der Waals surface area contributed by atoms with Crippen molar-refractivity contribution in [1.29, 1.82) is 0 Å². The Morgan fingerprint density at radius 1 is 1.38 bits per heavy atom. The Balaban J connectivity index is 2.27. The van der Waals surface area contributed by atoms with Crippen LogP contribution in [0.2, 0.25) is 5.28 Å². The third-order valence-electron chi connectivity index (χ3n) is 2.81. The monoisotopic (exact) mass is 433 g/mol. The third kappa shape index (κ3) is 2.70. The minimum atomic E-state index is -0.445. The van der Waals surface area contributed by atoms with Crippen molar-refractivity contribution in [3.05, 3.63) is 45.9 Å². The van der Waals surface area contributed by atoms with Crippen molar-refractivity contribution >= 4 is 56.7 Å². The van der Waals surface area contributed by atoms with E-state index in [-0.39, 0.29) is 11.0 Å². The summed E-state index contributed by atoms with van der Waals surface area (Å²) in [7, 11) is 0. The lowest BCUT2D eigenvalue weighted by Gasteiger charge is -2.04. The van der Waals surface area contributed by atoms with E-state index in [1.165, 1.54) is 12.1 Å². The molecule has 2 aromatic heterocycles. The van der Waals surface area contributed by atoms with Gasteiger partial charge in [0, 0.05) is 17.7 Å². The molecule has 0 fully saturated rings. The van der Waals surface area contributed by atoms with E-state index in [0.29, 0.717) is 28.7 Å². The van der Waals surface area contributed by atoms with Crippen molar-refractivity contribution in [2.45, 2.75) is 0 Å². The van der Waals surface area contributed by atoms with Crippen LogP contribution in [0.4, 0.5) is 5.69 Å². The van der Waals surface area contributed by atoms with Gasteiger partial charge in [-0.25, -0.2) is 9.44 Å². The summed E-state index contributed by atoms with van der Waals surface area (Å²) in [6.07, 6.45) is 2.02. The highest BCUT2D eigenvalue weighted by Crippen LogP contribution is 2.33. The van der Waals surface area contributed by atoms with Crippen molar-refractivity contribution in [3.8, 4) is 11.3 Å². The van der Waals surface area contributed by atoms with Gasteiger partial charge in [0.1, 0.15) is 0 Å². The number of aromatic nitrogens is 4. The Kier molecular flexibility index (Phi) is 4.01. The van der Waals surface area contributed by atoms with Gasteiger partial charge in [-0.05, 0) is 33.6 Å². The maximum atomic E-state index is 10.9. The molecule has 0 aliphatic heterocycles. The molecule has 1 atom stereocenters. The van der Waals surface area contributed by atoms with E-state index in [4.69, 9.17) is 11.6 Å². The molecule has 2 heterocycles. The van der Waals surface area contributed by atoms with Crippen LogP contribution in [-0.4, -0.2) is 24.4 Å². The molecule has 21 heavy (non-hydrogen) atoms. The lowest BCUT2D eigenvalue weighted by Crippen LogP contribution is -1.93. The van der Waals surface area contributed by atoms with Crippen molar-refractivity contribution in [1.82, 2.24) is 19.5 Å². The van der Waals surface area contributed by atoms with Crippen molar-refractivity contribution < 1.29 is 4.92 Å². The summed E-state index contributed by atoms with van der Waals surface area (Å²) in [5.74, 6) is 0. The summed E-state index contributed by atoms with van der Waals surface area (Å²) in [5, 5.41) is 15.9. The zero-order valence-corrected chi connectivity index (χ0v) is 14.1. The Hall–Kier alpha value is -1.38. The smallest absolute Gasteiger partial charge is 0.258 e. The molecule has 106 valence electrons. The number of rotatable bonds is 3. The lowest BCUT2D eigenvalue weighted by molar-refractivity contribution is -0.384. The Morgan fingerprint density at radius 2 is 2.19 bits per heavy atom. The first-order chi connectivity index (χ1) is 10.1. The Bertz CT molecular complexity index is 856. The second kappa shape index (κ2) is 5.78. The van der Waals surface area contributed by atoms with E-state index in [0.717, 1.165) is 0 Å². The summed E-state index contributed by atoms with van der Waals surface area (Å²) in [6, 6.07) is 6.25. The standard InChI is InChI=1S/C11H6ClIN5O2P/c12-11-15-9(6-2-1-3-7(4-6)18(19)20)8-5-14-17(21-13)10(8)16-11/h1-5,21H. The Labute approximate surface area is 138 Å². The molecule has 3 aromatic rings. The highest BCUT2D eigenvalue weighted by molar-refractivity contribution is 14.2. The maximum Gasteiger partial charge on any atom is 0.270 e. The molecule has 3 rings (SSSR count). The van der Waals surface area contributed by atoms with Gasteiger partial charge in [0.05, 0.1) is 28.6 Å². The second-order valence-electron chi connectivity index (χ2n) is 4.03. The lowest BCUT2D eigenvalue weighted by atomic mass is 10.1. The van der Waals surface area contributed by atoms with Crippen LogP contribution < -0.4 is 0 Å². The summed E-state index contributed by atoms with van der Waals surface area (Å²) in [5.41, 5.74) is 1.76. The first-order valence-electron chi connectivity index (χ1n) is 5.63. The molecule has 0 amide bonds. The molecule has 0 radical (unpaired) electrons. The van der Waals surface area contributed by atoms with Crippen molar-refractivity contribution in [2.24, 2.45) is 0 Å². The second-order valence-corrected chi connectivity index (χ2v) is 6.40. The Morgan fingerprint density at radius 3 is 2.90 bits per heavy atom. The van der Waals surface area contributed by atoms with E-state index >= 15 is 0 Å². The molecule has 0 saturated carbocycles. The van der Waals surface area contributed by atoms with E-state index in [2.05, 4.69) is 37.1 Å². The SMILES string of the molecule is O=[N+]([O-])c1cccc(-c2nc(Cl)nc3c2cnn3PI)c1. The maximum absolute atomic E-state index is 10.9. The molecule has 0 aliphatic rings. The molecule has 0 spiro atoms. The van der Waals surface area contributed by atoms with Crippen molar-refractivity contribution in [2.75, 3.05) is 0 Å². The molecule has 1 aromatic carbocycles. The van der Waals surface area contributed by atoms with Crippen LogP contribution in [0.1, 0.15) is 0 Å². The molecule has 1 unspecified atom stereocenters. The molecule has 7 nitrogen and oxygen atoms in total. The molecule has 10 heteroatoms. The number of nitro groups is 1. The van der Waals surface area contributed by atoms with E-state index < -0.39 is 4.92 Å². The van der Waals surface area contributed by atoms with Gasteiger partial charge in [0.25, 0.3) is 5.69 Å². The van der Waals surface area contributed by atoms with Gasteiger partial charge < -0.3 is 0 Å². The zero-order valence-electron chi connectivity index (χ0n) is 10.2. The fourth-order valence-corrected chi connectivity index (χ4v) is 3.51. The molecule has 0 bridgehead atoms. The van der Waals surface area contributed by atoms with Crippen LogP contribution in [0.3, 0.4) is 0 Å². The highest BCUT2D eigenvalue weighted by atomic mass is 127. The number of nitro benzene ring substituents is 1. The van der Waals surface area contributed by atoms with Crippen LogP contribution in [0.15, 0.2) is 30.5 Å². The zero-order chi connectivity index (χ0) is 15.0. The minimum absolute atomic E-state index is 0.00135. The minimum Gasteiger partial charge on any atom is -0.258 e. The number of hydrogen-bond acceptors (Lipinski definition) is 5. The van der Waals surface area contributed by atoms with Crippen LogP contribution in [-0.2, 0) is 0 Å². The molecule has 0 aliphatic carbocycles. The van der Waals surface area contributed by atoms with E-state index in [9.17, 15) is 10.1 Å². The van der Waals surface area contributed by atoms with E-state index in [1.807, 2.05) is 0 Å². The number of fused-ring (bicyclic) bond motifs is 1. The van der Waals surface area contributed by atoms with Gasteiger partial charge in [0.2, 0.25) is 5.28 Å². The summed E-state index contributed by atoms with van der Waals surface area (Å²) in [6.45, 7) is 0. The first-order valence-corrected chi connectivity index (χ1v) is 10.1. The molecular formula is C11H6ClIN5O2P. The number of halogens is 2. The summed E-state index contributed by atoms with van der Waals surface area (Å²) in [4.78, 5) is 18.8. The largest absolute Gasteiger partial charge is 0.270 e. The average molecular weight is 434 g/mol. The quantitative estimate of drug-likeness (QED) is 0.206.